The van der Waals surface area contributed by atoms with Crippen molar-refractivity contribution < 1.29 is 24.5 Å². The number of rotatable bonds is 1. The van der Waals surface area contributed by atoms with E-state index in [0.717, 1.165) is 6.26 Å². The van der Waals surface area contributed by atoms with Crippen molar-refractivity contribution in [2.75, 3.05) is 0 Å². The second-order valence-corrected chi connectivity index (χ2v) is 3.90. The lowest BCUT2D eigenvalue weighted by Gasteiger charge is -2.38. The van der Waals surface area contributed by atoms with E-state index >= 15 is 0 Å². The van der Waals surface area contributed by atoms with Gasteiger partial charge < -0.3 is 14.9 Å². The van der Waals surface area contributed by atoms with Crippen LogP contribution in [-0.4, -0.2) is 40.6 Å². The molecule has 1 saturated carbocycles. The zero-order valence-electron chi connectivity index (χ0n) is 8.00. The Morgan fingerprint density at radius 3 is 2.80 bits per heavy atom. The first kappa shape index (κ1) is 10.3. The van der Waals surface area contributed by atoms with E-state index < -0.39 is 24.2 Å². The van der Waals surface area contributed by atoms with Crippen molar-refractivity contribution in [1.82, 2.24) is 0 Å². The van der Waals surface area contributed by atoms with E-state index in [9.17, 15) is 19.8 Å². The number of ketones is 1. The van der Waals surface area contributed by atoms with Crippen LogP contribution in [0.2, 0.25) is 0 Å². The molecule has 4 unspecified atom stereocenters. The second-order valence-electron chi connectivity index (χ2n) is 3.90. The van der Waals surface area contributed by atoms with Crippen LogP contribution in [-0.2, 0) is 14.3 Å². The molecule has 5 heteroatoms. The molecule has 0 aromatic carbocycles. The lowest BCUT2D eigenvalue weighted by molar-refractivity contribution is -0.147. The number of aliphatic hydroxyl groups excluding tert-OH is 2. The molecule has 1 fully saturated rings. The average Bonchev–Trinajstić information content (AvgIpc) is 2.24. The smallest absolute Gasteiger partial charge is 0.176 e. The third-order valence-corrected chi connectivity index (χ3v) is 3.00. The summed E-state index contributed by atoms with van der Waals surface area (Å²) in [5, 5.41) is 19.0. The standard InChI is InChI=1S/C10H12O5/c11-3-5-4-15-10-6(8(5)13)1-2-7(12)9(10)14/h3-4,6-7,9-10,12,14H,1-2H2. The van der Waals surface area contributed by atoms with Gasteiger partial charge in [0.1, 0.15) is 12.2 Å². The van der Waals surface area contributed by atoms with Crippen molar-refractivity contribution >= 4 is 12.1 Å². The number of aliphatic hydroxyl groups is 2. The predicted octanol–water partition coefficient (Wildman–Crippen LogP) is -0.831. The molecule has 0 bridgehead atoms. The summed E-state index contributed by atoms with van der Waals surface area (Å²) in [4.78, 5) is 22.2. The van der Waals surface area contributed by atoms with Crippen LogP contribution in [0.25, 0.3) is 0 Å². The molecule has 82 valence electrons. The second kappa shape index (κ2) is 3.75. The van der Waals surface area contributed by atoms with Gasteiger partial charge in [0, 0.05) is 0 Å². The first-order valence-electron chi connectivity index (χ1n) is 4.86. The molecule has 2 aliphatic rings. The average molecular weight is 212 g/mol. The summed E-state index contributed by atoms with van der Waals surface area (Å²) in [6.07, 6.45) is -0.322. The fourth-order valence-electron chi connectivity index (χ4n) is 2.11. The van der Waals surface area contributed by atoms with Crippen molar-refractivity contribution in [2.24, 2.45) is 5.92 Å². The minimum atomic E-state index is -1.06. The number of carbonyl (C=O) groups is 2. The number of allylic oxidation sites excluding steroid dienone is 1. The number of carbonyl (C=O) groups excluding carboxylic acids is 2. The van der Waals surface area contributed by atoms with Gasteiger partial charge in [0.05, 0.1) is 23.9 Å². The largest absolute Gasteiger partial charge is 0.494 e. The third-order valence-electron chi connectivity index (χ3n) is 3.00. The van der Waals surface area contributed by atoms with E-state index in [1.165, 1.54) is 0 Å². The molecule has 5 nitrogen and oxygen atoms in total. The molecule has 0 spiro atoms. The number of hydrogen-bond donors (Lipinski definition) is 2. The van der Waals surface area contributed by atoms with Crippen LogP contribution in [0.4, 0.5) is 0 Å². The predicted molar refractivity (Wildman–Crippen MR) is 48.8 cm³/mol. The fraction of sp³-hybridized carbons (Fsp3) is 0.600. The SMILES string of the molecule is O=CC1=COC2C(CCC(O)C2O)C1=O. The highest BCUT2D eigenvalue weighted by Gasteiger charge is 2.45. The molecular formula is C10H12O5. The number of ether oxygens (including phenoxy) is 1. The van der Waals surface area contributed by atoms with Gasteiger partial charge in [-0.15, -0.1) is 0 Å². The number of fused-ring (bicyclic) bond motifs is 1. The van der Waals surface area contributed by atoms with Gasteiger partial charge in [0.2, 0.25) is 0 Å². The van der Waals surface area contributed by atoms with Crippen molar-refractivity contribution in [2.45, 2.75) is 31.2 Å². The van der Waals surface area contributed by atoms with Gasteiger partial charge in [-0.25, -0.2) is 0 Å². The summed E-state index contributed by atoms with van der Waals surface area (Å²) in [6, 6.07) is 0. The van der Waals surface area contributed by atoms with E-state index in [1.54, 1.807) is 0 Å². The van der Waals surface area contributed by atoms with Gasteiger partial charge in [0.25, 0.3) is 0 Å². The van der Waals surface area contributed by atoms with Gasteiger partial charge in [-0.05, 0) is 12.8 Å². The Kier molecular flexibility index (Phi) is 2.58. The lowest BCUT2D eigenvalue weighted by atomic mass is 9.77. The maximum Gasteiger partial charge on any atom is 0.176 e. The number of Topliss-reactive ketones (excluding diaryl/α,β-unsaturated/α-hetero) is 1. The summed E-state index contributed by atoms with van der Waals surface area (Å²) < 4.78 is 5.11. The van der Waals surface area contributed by atoms with E-state index in [-0.39, 0.29) is 11.4 Å². The summed E-state index contributed by atoms with van der Waals surface area (Å²) >= 11 is 0. The molecule has 0 aromatic rings. The lowest BCUT2D eigenvalue weighted by Crippen LogP contribution is -2.51. The van der Waals surface area contributed by atoms with Crippen molar-refractivity contribution in [1.29, 1.82) is 0 Å². The Hall–Kier alpha value is -1.20. The summed E-state index contributed by atoms with van der Waals surface area (Å²) in [5.41, 5.74) is -0.000148. The van der Waals surface area contributed by atoms with Gasteiger partial charge in [-0.1, -0.05) is 0 Å². The Balaban J connectivity index is 2.24. The van der Waals surface area contributed by atoms with Crippen molar-refractivity contribution in [3.05, 3.63) is 11.8 Å². The Morgan fingerprint density at radius 1 is 1.40 bits per heavy atom. The first-order valence-corrected chi connectivity index (χ1v) is 4.86. The highest BCUT2D eigenvalue weighted by molar-refractivity contribution is 6.13. The Labute approximate surface area is 86.3 Å². The van der Waals surface area contributed by atoms with Crippen LogP contribution in [0.15, 0.2) is 11.8 Å². The topological polar surface area (TPSA) is 83.8 Å². The molecule has 2 rings (SSSR count). The van der Waals surface area contributed by atoms with E-state index in [4.69, 9.17) is 4.74 Å². The summed E-state index contributed by atoms with van der Waals surface area (Å²) in [5.74, 6) is -0.805. The molecule has 0 aromatic heterocycles. The van der Waals surface area contributed by atoms with E-state index in [0.29, 0.717) is 19.1 Å². The van der Waals surface area contributed by atoms with Crippen molar-refractivity contribution in [3.63, 3.8) is 0 Å². The minimum absolute atomic E-state index is 0.000148. The molecule has 15 heavy (non-hydrogen) atoms. The highest BCUT2D eigenvalue weighted by atomic mass is 16.5. The fourth-order valence-corrected chi connectivity index (χ4v) is 2.11. The maximum atomic E-state index is 11.7. The molecule has 0 amide bonds. The molecule has 1 heterocycles. The quantitative estimate of drug-likeness (QED) is 0.438. The normalized spacial score (nSPS) is 40.1. The number of hydrogen-bond acceptors (Lipinski definition) is 5. The molecule has 1 aliphatic carbocycles. The monoisotopic (exact) mass is 212 g/mol. The summed E-state index contributed by atoms with van der Waals surface area (Å²) in [7, 11) is 0. The van der Waals surface area contributed by atoms with Crippen LogP contribution in [0.5, 0.6) is 0 Å². The van der Waals surface area contributed by atoms with Crippen LogP contribution < -0.4 is 0 Å². The van der Waals surface area contributed by atoms with Crippen LogP contribution in [0.1, 0.15) is 12.8 Å². The molecule has 1 aliphatic heterocycles. The number of aldehydes is 1. The first-order chi connectivity index (χ1) is 7.15. The van der Waals surface area contributed by atoms with Crippen LogP contribution >= 0.6 is 0 Å². The maximum absolute atomic E-state index is 11.7. The van der Waals surface area contributed by atoms with E-state index in [2.05, 4.69) is 0 Å². The molecule has 4 atom stereocenters. The van der Waals surface area contributed by atoms with Gasteiger partial charge >= 0.3 is 0 Å². The van der Waals surface area contributed by atoms with Crippen molar-refractivity contribution in [3.8, 4) is 0 Å². The summed E-state index contributed by atoms with van der Waals surface area (Å²) in [6.45, 7) is 0. The van der Waals surface area contributed by atoms with E-state index in [1.807, 2.05) is 0 Å². The minimum Gasteiger partial charge on any atom is -0.494 e. The third kappa shape index (κ3) is 1.57. The Morgan fingerprint density at radius 2 is 2.13 bits per heavy atom. The Bertz CT molecular complexity index is 322. The van der Waals surface area contributed by atoms with Crippen LogP contribution in [0, 0.1) is 5.92 Å². The molecule has 0 saturated heterocycles. The molecule has 0 radical (unpaired) electrons. The zero-order valence-corrected chi connectivity index (χ0v) is 8.00. The van der Waals surface area contributed by atoms with Crippen LogP contribution in [0.3, 0.4) is 0 Å². The molecule has 2 N–H and O–H groups in total. The zero-order chi connectivity index (χ0) is 11.0. The van der Waals surface area contributed by atoms with Gasteiger partial charge in [0.15, 0.2) is 12.1 Å². The van der Waals surface area contributed by atoms with Gasteiger partial charge in [-0.2, -0.15) is 0 Å². The van der Waals surface area contributed by atoms with Gasteiger partial charge in [-0.3, -0.25) is 9.59 Å². The molecular weight excluding hydrogens is 200 g/mol. The highest BCUT2D eigenvalue weighted by Crippen LogP contribution is 2.32.